The Balaban J connectivity index is 1.71. The second kappa shape index (κ2) is 17.5. The van der Waals surface area contributed by atoms with E-state index in [0.717, 1.165) is 22.3 Å². The second-order valence-corrected chi connectivity index (χ2v) is 16.4. The van der Waals surface area contributed by atoms with Crippen LogP contribution in [0.5, 0.6) is 0 Å². The zero-order valence-electron chi connectivity index (χ0n) is 31.1. The summed E-state index contributed by atoms with van der Waals surface area (Å²) >= 11 is 0. The average Bonchev–Trinajstić information content (AvgIpc) is 3.73. The van der Waals surface area contributed by atoms with E-state index in [1.54, 1.807) is 32.1 Å². The van der Waals surface area contributed by atoms with Gasteiger partial charge in [0.1, 0.15) is 0 Å². The van der Waals surface area contributed by atoms with Crippen LogP contribution in [-0.2, 0) is 52.3 Å². The molecule has 0 radical (unpaired) electrons. The number of aliphatic imine (C=N–C) groups is 1. The van der Waals surface area contributed by atoms with Crippen molar-refractivity contribution in [2.75, 3.05) is 24.6 Å². The van der Waals surface area contributed by atoms with Crippen LogP contribution in [0.2, 0.25) is 0 Å². The largest absolute Gasteiger partial charge is 0.358 e. The van der Waals surface area contributed by atoms with Gasteiger partial charge in [0.25, 0.3) is 32.1 Å². The summed E-state index contributed by atoms with van der Waals surface area (Å²) in [6.45, 7) is 14.2. The lowest BCUT2D eigenvalue weighted by atomic mass is 9.93. The van der Waals surface area contributed by atoms with Gasteiger partial charge in [0.2, 0.25) is 11.8 Å². The first kappa shape index (κ1) is 42.6. The highest BCUT2D eigenvalue weighted by Crippen LogP contribution is 2.33. The van der Waals surface area contributed by atoms with E-state index in [2.05, 4.69) is 39.4 Å². The molecular formula is C37H46N6O10S2. The molecule has 3 aliphatic rings. The summed E-state index contributed by atoms with van der Waals surface area (Å²) in [4.78, 5) is 59.0. The maximum atomic E-state index is 12.8. The Morgan fingerprint density at radius 3 is 1.89 bits per heavy atom. The number of H-pyrrole nitrogens is 1. The van der Waals surface area contributed by atoms with Gasteiger partial charge < -0.3 is 26.3 Å². The Labute approximate surface area is 320 Å². The molecule has 0 aromatic carbocycles. The van der Waals surface area contributed by atoms with Crippen molar-refractivity contribution >= 4 is 55.7 Å². The van der Waals surface area contributed by atoms with Gasteiger partial charge in [-0.05, 0) is 80.5 Å². The Kier molecular flexibility index (Phi) is 13.6. The van der Waals surface area contributed by atoms with Gasteiger partial charge in [-0.25, -0.2) is 0 Å². The van der Waals surface area contributed by atoms with Crippen molar-refractivity contribution in [1.82, 2.24) is 26.3 Å². The molecule has 0 saturated carbocycles. The van der Waals surface area contributed by atoms with Crippen molar-refractivity contribution in [1.29, 1.82) is 0 Å². The van der Waals surface area contributed by atoms with Crippen LogP contribution in [0.25, 0.3) is 6.08 Å². The van der Waals surface area contributed by atoms with Crippen LogP contribution >= 0.6 is 0 Å². The van der Waals surface area contributed by atoms with E-state index < -0.39 is 49.6 Å². The summed E-state index contributed by atoms with van der Waals surface area (Å²) in [6, 6.07) is -0.520. The molecule has 0 aliphatic carbocycles. The van der Waals surface area contributed by atoms with Gasteiger partial charge in [-0.2, -0.15) is 16.8 Å². The standard InChI is InChI=1S/C37H46N6O10S2/c1-7-24-23(6)36(46)43-31(24)18-29-22(5)27(10-12-35(45)39-14-16-55(51,52)53)33(41-29)19-32-26(9-11-34(44)38-13-15-54(48,49)50)21(4)28(40-32)17-30-20(3)25(8-2)37(47)42-30/h7-8,17-18,33,40H,1-2,9-16,19H2,3-6H3,(H,38,44)(H,39,45)(H,42,47)(H,43,46)(H,48,49,50)(H,51,52,53)/b30-17-,31-18?. The lowest BCUT2D eigenvalue weighted by Gasteiger charge is -2.15. The van der Waals surface area contributed by atoms with Crippen molar-refractivity contribution in [3.05, 3.63) is 98.7 Å². The number of aromatic amines is 1. The lowest BCUT2D eigenvalue weighted by molar-refractivity contribution is -0.121. The van der Waals surface area contributed by atoms with Gasteiger partial charge in [0.05, 0.1) is 29.0 Å². The number of amides is 4. The number of aromatic nitrogens is 1. The van der Waals surface area contributed by atoms with E-state index in [-0.39, 0.29) is 57.0 Å². The van der Waals surface area contributed by atoms with Crippen molar-refractivity contribution in [2.45, 2.75) is 65.8 Å². The Bertz CT molecular complexity index is 2250. The molecule has 296 valence electrons. The zero-order chi connectivity index (χ0) is 40.8. The molecule has 4 amide bonds. The highest BCUT2D eigenvalue weighted by Gasteiger charge is 2.30. The van der Waals surface area contributed by atoms with Gasteiger partial charge in [-0.1, -0.05) is 25.3 Å². The zero-order valence-corrected chi connectivity index (χ0v) is 32.7. The van der Waals surface area contributed by atoms with Crippen LogP contribution in [-0.4, -0.2) is 90.9 Å². The first-order valence-electron chi connectivity index (χ1n) is 17.4. The third-order valence-electron chi connectivity index (χ3n) is 9.62. The first-order chi connectivity index (χ1) is 25.7. The predicted octanol–water partition coefficient (Wildman–Crippen LogP) is 2.22. The third kappa shape index (κ3) is 11.0. The maximum Gasteiger partial charge on any atom is 0.266 e. The Hall–Kier alpha value is -5.17. The summed E-state index contributed by atoms with van der Waals surface area (Å²) in [7, 11) is -8.53. The first-order valence-corrected chi connectivity index (χ1v) is 20.6. The minimum atomic E-state index is -4.26. The normalized spacial score (nSPS) is 19.0. The van der Waals surface area contributed by atoms with Gasteiger partial charge in [-0.3, -0.25) is 33.3 Å². The van der Waals surface area contributed by atoms with Crippen molar-refractivity contribution in [3.8, 4) is 0 Å². The molecule has 0 fully saturated rings. The maximum absolute atomic E-state index is 12.8. The number of rotatable bonds is 18. The third-order valence-corrected chi connectivity index (χ3v) is 11.1. The molecule has 16 nitrogen and oxygen atoms in total. The number of allylic oxidation sites excluding steroid dienone is 4. The predicted molar refractivity (Wildman–Crippen MR) is 208 cm³/mol. The fourth-order valence-electron chi connectivity index (χ4n) is 6.55. The molecule has 1 unspecified atom stereocenters. The molecule has 0 saturated heterocycles. The van der Waals surface area contributed by atoms with E-state index in [4.69, 9.17) is 14.1 Å². The molecule has 1 atom stereocenters. The molecule has 0 spiro atoms. The summed E-state index contributed by atoms with van der Waals surface area (Å²) < 4.78 is 62.6. The van der Waals surface area contributed by atoms with Crippen LogP contribution < -0.4 is 21.3 Å². The summed E-state index contributed by atoms with van der Waals surface area (Å²) in [6.07, 6.45) is 7.31. The number of hydrogen-bond acceptors (Lipinski definition) is 9. The monoisotopic (exact) mass is 798 g/mol. The van der Waals surface area contributed by atoms with Crippen LogP contribution in [0.4, 0.5) is 0 Å². The number of nitrogens with one attached hydrogen (secondary N) is 5. The van der Waals surface area contributed by atoms with Crippen molar-refractivity contribution < 1.29 is 45.1 Å². The van der Waals surface area contributed by atoms with Gasteiger partial charge in [0, 0.05) is 66.2 Å². The minimum absolute atomic E-state index is 0.0175. The summed E-state index contributed by atoms with van der Waals surface area (Å²) in [5, 5.41) is 10.7. The fourth-order valence-corrected chi connectivity index (χ4v) is 7.27. The van der Waals surface area contributed by atoms with Crippen LogP contribution in [0.3, 0.4) is 0 Å². The van der Waals surface area contributed by atoms with Gasteiger partial charge in [0.15, 0.2) is 0 Å². The van der Waals surface area contributed by atoms with Crippen LogP contribution in [0.1, 0.15) is 62.5 Å². The average molecular weight is 799 g/mol. The number of carbonyl (C=O) groups is 4. The molecule has 4 rings (SSSR count). The lowest BCUT2D eigenvalue weighted by Crippen LogP contribution is -2.29. The molecule has 18 heteroatoms. The Morgan fingerprint density at radius 2 is 1.35 bits per heavy atom. The molecule has 55 heavy (non-hydrogen) atoms. The number of nitrogens with zero attached hydrogens (tertiary/aromatic N) is 1. The number of carbonyl (C=O) groups excluding carboxylic acids is 4. The van der Waals surface area contributed by atoms with E-state index >= 15 is 0 Å². The Morgan fingerprint density at radius 1 is 0.782 bits per heavy atom. The molecule has 1 aromatic heterocycles. The van der Waals surface area contributed by atoms with E-state index in [1.165, 1.54) is 6.08 Å². The summed E-state index contributed by atoms with van der Waals surface area (Å²) in [5.74, 6) is -2.68. The van der Waals surface area contributed by atoms with Gasteiger partial charge in [-0.15, -0.1) is 0 Å². The number of hydrogen-bond donors (Lipinski definition) is 7. The van der Waals surface area contributed by atoms with Gasteiger partial charge >= 0.3 is 0 Å². The topological polar surface area (TPSA) is 253 Å². The van der Waals surface area contributed by atoms with E-state index in [9.17, 15) is 36.0 Å². The van der Waals surface area contributed by atoms with E-state index in [0.29, 0.717) is 50.8 Å². The molecule has 3 aliphatic heterocycles. The molecule has 7 N–H and O–H groups in total. The van der Waals surface area contributed by atoms with Crippen LogP contribution in [0, 0.1) is 6.92 Å². The second-order valence-electron chi connectivity index (χ2n) is 13.3. The SMILES string of the molecule is C=CC1=C(C)C(=O)NC1=CC1=NC(Cc2[nH]c(/C=C3\NC(=O)C(C=C)=C3C)c(C)c2CCC(=O)NCCS(=O)(=O)O)C(CCC(=O)NCCS(=O)(=O)O)=C1C. The highest BCUT2D eigenvalue weighted by atomic mass is 32.2. The minimum Gasteiger partial charge on any atom is -0.358 e. The fraction of sp³-hybridized carbons (Fsp3) is 0.378. The smallest absolute Gasteiger partial charge is 0.266 e. The highest BCUT2D eigenvalue weighted by molar-refractivity contribution is 7.86. The van der Waals surface area contributed by atoms with Crippen molar-refractivity contribution in [3.63, 3.8) is 0 Å². The van der Waals surface area contributed by atoms with Crippen LogP contribution in [0.15, 0.2) is 81.2 Å². The van der Waals surface area contributed by atoms with E-state index in [1.807, 2.05) is 13.8 Å². The molecule has 4 heterocycles. The summed E-state index contributed by atoms with van der Waals surface area (Å²) in [5.41, 5.74) is 8.43. The molecular weight excluding hydrogens is 753 g/mol. The quantitative estimate of drug-likeness (QED) is 0.107. The molecule has 0 bridgehead atoms. The molecule has 1 aromatic rings. The van der Waals surface area contributed by atoms with Crippen molar-refractivity contribution in [2.24, 2.45) is 4.99 Å².